The maximum Gasteiger partial charge on any atom is 0.287 e. The number of fused-ring (bicyclic) bond motifs is 1. The molecule has 2 aromatic heterocycles. The van der Waals surface area contributed by atoms with E-state index in [1.165, 1.54) is 6.20 Å². The van der Waals surface area contributed by atoms with E-state index in [-0.39, 0.29) is 17.4 Å². The molecule has 0 saturated carbocycles. The molecule has 0 saturated heterocycles. The molecule has 0 atom stereocenters. The van der Waals surface area contributed by atoms with Crippen LogP contribution in [0.1, 0.15) is 71.4 Å². The second kappa shape index (κ2) is 7.34. The van der Waals surface area contributed by atoms with E-state index in [0.29, 0.717) is 17.7 Å². The molecular weight excluding hydrogens is 344 g/mol. The first-order chi connectivity index (χ1) is 12.8. The molecule has 2 aromatic rings. The number of hydrogen-bond donors (Lipinski definition) is 2. The fourth-order valence-corrected chi connectivity index (χ4v) is 3.07. The van der Waals surface area contributed by atoms with Crippen LogP contribution in [0.3, 0.4) is 0 Å². The lowest BCUT2D eigenvalue weighted by Crippen LogP contribution is -2.40. The average Bonchev–Trinajstić information content (AvgIpc) is 2.96. The van der Waals surface area contributed by atoms with Crippen molar-refractivity contribution in [2.45, 2.75) is 52.5 Å². The number of carbonyl (C=O) groups is 2. The Morgan fingerprint density at radius 3 is 2.67 bits per heavy atom. The third kappa shape index (κ3) is 4.24. The summed E-state index contributed by atoms with van der Waals surface area (Å²) in [6.45, 7) is 7.61. The molecule has 1 aliphatic carbocycles. The predicted octanol–water partition coefficient (Wildman–Crippen LogP) is 2.98. The van der Waals surface area contributed by atoms with Crippen LogP contribution in [-0.2, 0) is 6.42 Å². The Balaban J connectivity index is 1.86. The predicted molar refractivity (Wildman–Crippen MR) is 102 cm³/mol. The molecular formula is C20H24N4O3. The number of pyridine rings is 1. The van der Waals surface area contributed by atoms with E-state index in [0.717, 1.165) is 35.4 Å². The second-order valence-electron chi connectivity index (χ2n) is 7.65. The van der Waals surface area contributed by atoms with Gasteiger partial charge < -0.3 is 9.73 Å². The molecule has 2 heterocycles. The minimum atomic E-state index is -0.356. The topological polar surface area (TPSA) is 96.6 Å². The van der Waals surface area contributed by atoms with Crippen LogP contribution in [0.25, 0.3) is 0 Å². The Labute approximate surface area is 158 Å². The largest absolute Gasteiger partial charge is 0.455 e. The molecule has 0 aromatic carbocycles. The third-order valence-corrected chi connectivity index (χ3v) is 4.24. The first-order valence-electron chi connectivity index (χ1n) is 8.98. The lowest BCUT2D eigenvalue weighted by molar-refractivity contribution is 0.0887. The molecule has 0 aliphatic heterocycles. The summed E-state index contributed by atoms with van der Waals surface area (Å²) >= 11 is 0. The summed E-state index contributed by atoms with van der Waals surface area (Å²) in [5.41, 5.74) is 4.96. The Bertz CT molecular complexity index is 892. The third-order valence-electron chi connectivity index (χ3n) is 4.24. The fourth-order valence-electron chi connectivity index (χ4n) is 3.07. The van der Waals surface area contributed by atoms with Crippen molar-refractivity contribution >= 4 is 17.5 Å². The van der Waals surface area contributed by atoms with Gasteiger partial charge in [0.25, 0.3) is 11.8 Å². The van der Waals surface area contributed by atoms with Gasteiger partial charge in [0.05, 0.1) is 11.3 Å². The molecule has 0 fully saturated rings. The Morgan fingerprint density at radius 2 is 2.00 bits per heavy atom. The molecule has 142 valence electrons. The number of furan rings is 1. The number of nitrogens with one attached hydrogen (secondary N) is 2. The highest BCUT2D eigenvalue weighted by Gasteiger charge is 2.29. The Hall–Kier alpha value is -2.96. The number of aromatic nitrogens is 1. The summed E-state index contributed by atoms with van der Waals surface area (Å²) in [7, 11) is 0. The molecule has 0 spiro atoms. The van der Waals surface area contributed by atoms with Crippen LogP contribution in [-0.4, -0.2) is 28.0 Å². The number of nitrogens with zero attached hydrogens (tertiary/aromatic N) is 2. The molecule has 1 aliphatic rings. The number of amides is 2. The quantitative estimate of drug-likeness (QED) is 0.814. The van der Waals surface area contributed by atoms with Gasteiger partial charge in [-0.25, -0.2) is 5.43 Å². The molecule has 0 radical (unpaired) electrons. The molecule has 3 rings (SSSR count). The maximum absolute atomic E-state index is 12.5. The van der Waals surface area contributed by atoms with Crippen molar-refractivity contribution < 1.29 is 14.0 Å². The van der Waals surface area contributed by atoms with Crippen molar-refractivity contribution in [3.63, 3.8) is 0 Å². The molecule has 27 heavy (non-hydrogen) atoms. The number of hydrazone groups is 1. The number of aryl methyl sites for hydroxylation is 1. The van der Waals surface area contributed by atoms with Gasteiger partial charge >= 0.3 is 0 Å². The van der Waals surface area contributed by atoms with E-state index in [9.17, 15) is 9.59 Å². The zero-order chi connectivity index (χ0) is 19.6. The molecule has 2 N–H and O–H groups in total. The highest BCUT2D eigenvalue weighted by atomic mass is 16.4. The fraction of sp³-hybridized carbons (Fsp3) is 0.400. The van der Waals surface area contributed by atoms with Crippen molar-refractivity contribution in [2.24, 2.45) is 5.10 Å². The van der Waals surface area contributed by atoms with Gasteiger partial charge in [-0.1, -0.05) is 0 Å². The first-order valence-corrected chi connectivity index (χ1v) is 8.98. The number of hydrogen-bond acceptors (Lipinski definition) is 5. The van der Waals surface area contributed by atoms with Gasteiger partial charge in [0.15, 0.2) is 5.76 Å². The SMILES string of the molecule is Cc1c(C(=O)NC(C)(C)C)oc2c1/C(=N/NC(=O)c1cccnc1)CCC2. The lowest BCUT2D eigenvalue weighted by Gasteiger charge is -2.19. The zero-order valence-corrected chi connectivity index (χ0v) is 16.0. The first kappa shape index (κ1) is 18.8. The van der Waals surface area contributed by atoms with E-state index in [1.807, 2.05) is 27.7 Å². The van der Waals surface area contributed by atoms with Crippen molar-refractivity contribution in [1.82, 2.24) is 15.7 Å². The summed E-state index contributed by atoms with van der Waals surface area (Å²) in [5, 5.41) is 7.23. The van der Waals surface area contributed by atoms with Crippen molar-refractivity contribution in [2.75, 3.05) is 0 Å². The van der Waals surface area contributed by atoms with Gasteiger partial charge in [0, 0.05) is 35.5 Å². The van der Waals surface area contributed by atoms with Crippen LogP contribution >= 0.6 is 0 Å². The van der Waals surface area contributed by atoms with Crippen LogP contribution < -0.4 is 10.7 Å². The van der Waals surface area contributed by atoms with Crippen molar-refractivity contribution in [3.05, 3.63) is 52.7 Å². The standard InChI is InChI=1S/C20H24N4O3/c1-12-16-14(23-24-18(25)13-7-6-10-21-11-13)8-5-9-15(16)27-17(12)19(26)22-20(2,3)4/h6-7,10-11H,5,8-9H2,1-4H3,(H,22,26)(H,24,25)/b23-14+. The number of rotatable bonds is 3. The smallest absolute Gasteiger partial charge is 0.287 e. The summed E-state index contributed by atoms with van der Waals surface area (Å²) in [4.78, 5) is 28.7. The van der Waals surface area contributed by atoms with E-state index in [1.54, 1.807) is 18.3 Å². The highest BCUT2D eigenvalue weighted by Crippen LogP contribution is 2.30. The van der Waals surface area contributed by atoms with Crippen LogP contribution in [0.15, 0.2) is 34.0 Å². The van der Waals surface area contributed by atoms with E-state index in [2.05, 4.69) is 20.8 Å². The minimum absolute atomic E-state index is 0.242. The van der Waals surface area contributed by atoms with E-state index in [4.69, 9.17) is 4.42 Å². The van der Waals surface area contributed by atoms with Gasteiger partial charge in [-0.2, -0.15) is 5.10 Å². The van der Waals surface area contributed by atoms with Crippen LogP contribution in [0.5, 0.6) is 0 Å². The van der Waals surface area contributed by atoms with Gasteiger partial charge in [-0.15, -0.1) is 0 Å². The monoisotopic (exact) mass is 368 g/mol. The normalized spacial score (nSPS) is 15.3. The van der Waals surface area contributed by atoms with Crippen LogP contribution in [0, 0.1) is 6.92 Å². The highest BCUT2D eigenvalue weighted by molar-refractivity contribution is 6.07. The Morgan fingerprint density at radius 1 is 1.22 bits per heavy atom. The lowest BCUT2D eigenvalue weighted by atomic mass is 9.93. The minimum Gasteiger partial charge on any atom is -0.455 e. The Kier molecular flexibility index (Phi) is 5.12. The van der Waals surface area contributed by atoms with Gasteiger partial charge in [-0.05, 0) is 52.7 Å². The van der Waals surface area contributed by atoms with Gasteiger partial charge in [0.2, 0.25) is 0 Å². The second-order valence-corrected chi connectivity index (χ2v) is 7.65. The van der Waals surface area contributed by atoms with Crippen LogP contribution in [0.4, 0.5) is 0 Å². The van der Waals surface area contributed by atoms with Crippen molar-refractivity contribution in [1.29, 1.82) is 0 Å². The molecule has 7 nitrogen and oxygen atoms in total. The van der Waals surface area contributed by atoms with Gasteiger partial charge in [0.1, 0.15) is 5.76 Å². The summed E-state index contributed by atoms with van der Waals surface area (Å²) in [6.07, 6.45) is 5.40. The molecule has 7 heteroatoms. The maximum atomic E-state index is 12.5. The molecule has 2 amide bonds. The zero-order valence-electron chi connectivity index (χ0n) is 16.0. The summed E-state index contributed by atoms with van der Waals surface area (Å²) in [6, 6.07) is 3.37. The van der Waals surface area contributed by atoms with Crippen molar-refractivity contribution in [3.8, 4) is 0 Å². The summed E-state index contributed by atoms with van der Waals surface area (Å²) < 4.78 is 5.85. The van der Waals surface area contributed by atoms with Crippen LogP contribution in [0.2, 0.25) is 0 Å². The van der Waals surface area contributed by atoms with Gasteiger partial charge in [-0.3, -0.25) is 14.6 Å². The van der Waals surface area contributed by atoms with E-state index < -0.39 is 0 Å². The molecule has 0 unspecified atom stereocenters. The summed E-state index contributed by atoms with van der Waals surface area (Å²) in [5.74, 6) is 0.484. The average molecular weight is 368 g/mol. The number of carbonyl (C=O) groups excluding carboxylic acids is 2. The molecule has 0 bridgehead atoms. The van der Waals surface area contributed by atoms with E-state index >= 15 is 0 Å².